The van der Waals surface area contributed by atoms with Gasteiger partial charge >= 0.3 is 0 Å². The van der Waals surface area contributed by atoms with Crippen LogP contribution in [0.25, 0.3) is 11.1 Å². The van der Waals surface area contributed by atoms with Gasteiger partial charge in [-0.1, -0.05) is 32.9 Å². The van der Waals surface area contributed by atoms with E-state index < -0.39 is 0 Å². The molecule has 0 unspecified atom stereocenters. The zero-order valence-electron chi connectivity index (χ0n) is 13.4. The number of aryl methyl sites for hydroxylation is 1. The number of hydrogen-bond donors (Lipinski definition) is 1. The van der Waals surface area contributed by atoms with Crippen LogP contribution >= 0.6 is 0 Å². The minimum Gasteiger partial charge on any atom is -0.352 e. The predicted molar refractivity (Wildman–Crippen MR) is 82.4 cm³/mol. The number of nitrogens with one attached hydrogen (secondary N) is 1. The van der Waals surface area contributed by atoms with Crippen LogP contribution < -0.4 is 5.32 Å². The number of amides is 1. The lowest BCUT2D eigenvalue weighted by Gasteiger charge is -2.10. The summed E-state index contributed by atoms with van der Waals surface area (Å²) in [5.41, 5.74) is 2.58. The molecular formula is C16H23N3O2. The maximum absolute atomic E-state index is 12.5. The van der Waals surface area contributed by atoms with Gasteiger partial charge in [0.1, 0.15) is 0 Å². The van der Waals surface area contributed by atoms with Crippen molar-refractivity contribution in [3.63, 3.8) is 0 Å². The molecule has 5 nitrogen and oxygen atoms in total. The van der Waals surface area contributed by atoms with Crippen LogP contribution in [0.1, 0.15) is 61.8 Å². The second-order valence-corrected chi connectivity index (χ2v) is 6.14. The molecule has 21 heavy (non-hydrogen) atoms. The third kappa shape index (κ3) is 3.40. The highest BCUT2D eigenvalue weighted by Gasteiger charge is 2.19. The molecule has 0 aromatic carbocycles. The fraction of sp³-hybridized carbons (Fsp3) is 0.562. The second-order valence-electron chi connectivity index (χ2n) is 6.14. The predicted octanol–water partition coefficient (Wildman–Crippen LogP) is 3.43. The van der Waals surface area contributed by atoms with Gasteiger partial charge < -0.3 is 9.84 Å². The van der Waals surface area contributed by atoms with Crippen LogP contribution in [0.15, 0.2) is 10.6 Å². The maximum atomic E-state index is 12.5. The Balaban J connectivity index is 2.36. The van der Waals surface area contributed by atoms with Crippen LogP contribution in [-0.2, 0) is 0 Å². The molecule has 0 aliphatic carbocycles. The molecule has 0 radical (unpaired) electrons. The summed E-state index contributed by atoms with van der Waals surface area (Å²) in [5.74, 6) is 0.699. The lowest BCUT2D eigenvalue weighted by Crippen LogP contribution is -2.26. The Morgan fingerprint density at radius 3 is 2.67 bits per heavy atom. The van der Waals surface area contributed by atoms with Crippen LogP contribution in [0.2, 0.25) is 0 Å². The zero-order chi connectivity index (χ0) is 15.6. The fourth-order valence-corrected chi connectivity index (χ4v) is 2.16. The van der Waals surface area contributed by atoms with Gasteiger partial charge in [0, 0.05) is 12.2 Å². The molecule has 0 atom stereocenters. The third-order valence-electron chi connectivity index (χ3n) is 3.48. The van der Waals surface area contributed by atoms with Crippen molar-refractivity contribution in [3.8, 4) is 0 Å². The van der Waals surface area contributed by atoms with Crippen molar-refractivity contribution in [2.75, 3.05) is 6.54 Å². The third-order valence-corrected chi connectivity index (χ3v) is 3.48. The van der Waals surface area contributed by atoms with E-state index in [-0.39, 0.29) is 11.8 Å². The number of hydrogen-bond acceptors (Lipinski definition) is 4. The van der Waals surface area contributed by atoms with Gasteiger partial charge in [-0.15, -0.1) is 0 Å². The number of pyridine rings is 1. The van der Waals surface area contributed by atoms with Gasteiger partial charge in [-0.05, 0) is 31.2 Å². The van der Waals surface area contributed by atoms with E-state index in [4.69, 9.17) is 4.52 Å². The number of fused-ring (bicyclic) bond motifs is 1. The molecule has 0 aliphatic heterocycles. The molecule has 5 heteroatoms. The molecule has 0 saturated heterocycles. The van der Waals surface area contributed by atoms with Crippen LogP contribution in [0.5, 0.6) is 0 Å². The van der Waals surface area contributed by atoms with Crippen molar-refractivity contribution in [1.29, 1.82) is 0 Å². The zero-order valence-corrected chi connectivity index (χ0v) is 13.4. The van der Waals surface area contributed by atoms with Crippen molar-refractivity contribution < 1.29 is 9.32 Å². The summed E-state index contributed by atoms with van der Waals surface area (Å²) < 4.78 is 5.23. The number of rotatable bonds is 5. The normalized spacial score (nSPS) is 11.6. The first-order valence-electron chi connectivity index (χ1n) is 7.45. The molecule has 0 fully saturated rings. The van der Waals surface area contributed by atoms with Gasteiger partial charge in [-0.3, -0.25) is 4.79 Å². The summed E-state index contributed by atoms with van der Waals surface area (Å²) in [4.78, 5) is 16.9. The van der Waals surface area contributed by atoms with E-state index in [1.165, 1.54) is 0 Å². The van der Waals surface area contributed by atoms with E-state index in [9.17, 15) is 4.79 Å². The van der Waals surface area contributed by atoms with Crippen LogP contribution in [0.4, 0.5) is 0 Å². The summed E-state index contributed by atoms with van der Waals surface area (Å²) in [5, 5.41) is 7.61. The molecule has 0 bridgehead atoms. The molecular weight excluding hydrogens is 266 g/mol. The van der Waals surface area contributed by atoms with Crippen LogP contribution in [0, 0.1) is 12.8 Å². The summed E-state index contributed by atoms with van der Waals surface area (Å²) in [6.07, 6.45) is 0.958. The lowest BCUT2D eigenvalue weighted by atomic mass is 10.0. The summed E-state index contributed by atoms with van der Waals surface area (Å²) in [6.45, 7) is 10.8. The monoisotopic (exact) mass is 289 g/mol. The van der Waals surface area contributed by atoms with Crippen molar-refractivity contribution in [2.45, 2.75) is 47.0 Å². The summed E-state index contributed by atoms with van der Waals surface area (Å²) in [6, 6.07) is 1.85. The van der Waals surface area contributed by atoms with Gasteiger partial charge in [0.15, 0.2) is 0 Å². The number of carbonyl (C=O) groups is 1. The second kappa shape index (κ2) is 6.24. The van der Waals surface area contributed by atoms with Crippen molar-refractivity contribution in [1.82, 2.24) is 15.5 Å². The van der Waals surface area contributed by atoms with Crippen LogP contribution in [-0.4, -0.2) is 22.6 Å². The average Bonchev–Trinajstić information content (AvgIpc) is 2.79. The van der Waals surface area contributed by atoms with Gasteiger partial charge in [-0.25, -0.2) is 4.98 Å². The van der Waals surface area contributed by atoms with E-state index in [2.05, 4.69) is 29.3 Å². The highest BCUT2D eigenvalue weighted by atomic mass is 16.5. The fourth-order valence-electron chi connectivity index (χ4n) is 2.16. The maximum Gasteiger partial charge on any atom is 0.259 e. The Bertz CT molecular complexity index is 644. The number of nitrogens with zero attached hydrogens (tertiary/aromatic N) is 2. The summed E-state index contributed by atoms with van der Waals surface area (Å²) in [7, 11) is 0. The van der Waals surface area contributed by atoms with E-state index in [1.54, 1.807) is 0 Å². The smallest absolute Gasteiger partial charge is 0.259 e. The molecule has 2 aromatic heterocycles. The standard InChI is InChI=1S/C16H23N3O2/c1-9(2)6-7-17-15(20)12-8-13(10(3)4)18-16-14(12)11(5)19-21-16/h8-10H,6-7H2,1-5H3,(H,17,20). The Hall–Kier alpha value is -1.91. The first kappa shape index (κ1) is 15.5. The molecule has 0 spiro atoms. The summed E-state index contributed by atoms with van der Waals surface area (Å²) >= 11 is 0. The van der Waals surface area contributed by atoms with Gasteiger partial charge in [-0.2, -0.15) is 0 Å². The average molecular weight is 289 g/mol. The molecule has 114 valence electrons. The largest absolute Gasteiger partial charge is 0.352 e. The molecule has 2 aromatic rings. The van der Waals surface area contributed by atoms with E-state index >= 15 is 0 Å². The molecule has 0 aliphatic rings. The Kier molecular flexibility index (Phi) is 4.60. The van der Waals surface area contributed by atoms with Gasteiger partial charge in [0.05, 0.1) is 16.6 Å². The van der Waals surface area contributed by atoms with Crippen molar-refractivity contribution in [2.24, 2.45) is 5.92 Å². The van der Waals surface area contributed by atoms with E-state index in [0.29, 0.717) is 34.8 Å². The Labute approximate surface area is 125 Å². The van der Waals surface area contributed by atoms with Crippen molar-refractivity contribution in [3.05, 3.63) is 23.0 Å². The molecule has 1 N–H and O–H groups in total. The molecule has 1 amide bonds. The Morgan fingerprint density at radius 2 is 2.05 bits per heavy atom. The van der Waals surface area contributed by atoms with Gasteiger partial charge in [0.25, 0.3) is 11.6 Å². The van der Waals surface area contributed by atoms with Crippen LogP contribution in [0.3, 0.4) is 0 Å². The highest BCUT2D eigenvalue weighted by molar-refractivity contribution is 6.06. The molecule has 0 saturated carbocycles. The van der Waals surface area contributed by atoms with E-state index in [0.717, 1.165) is 12.1 Å². The minimum atomic E-state index is -0.0868. The quantitative estimate of drug-likeness (QED) is 0.915. The topological polar surface area (TPSA) is 68.0 Å². The van der Waals surface area contributed by atoms with E-state index in [1.807, 2.05) is 26.8 Å². The molecule has 2 rings (SSSR count). The lowest BCUT2D eigenvalue weighted by molar-refractivity contribution is 0.0953. The van der Waals surface area contributed by atoms with Crippen molar-refractivity contribution >= 4 is 17.0 Å². The first-order chi connectivity index (χ1) is 9.90. The first-order valence-corrected chi connectivity index (χ1v) is 7.45. The number of aromatic nitrogens is 2. The minimum absolute atomic E-state index is 0.0868. The Morgan fingerprint density at radius 1 is 1.33 bits per heavy atom. The highest BCUT2D eigenvalue weighted by Crippen LogP contribution is 2.25. The van der Waals surface area contributed by atoms with Gasteiger partial charge in [0.2, 0.25) is 0 Å². The molecule has 2 heterocycles. The number of carbonyl (C=O) groups excluding carboxylic acids is 1. The SMILES string of the molecule is Cc1noc2nc(C(C)C)cc(C(=O)NCCC(C)C)c12.